The van der Waals surface area contributed by atoms with E-state index in [1.807, 2.05) is 24.3 Å². The highest BCUT2D eigenvalue weighted by Gasteiger charge is 2.41. The summed E-state index contributed by atoms with van der Waals surface area (Å²) in [6, 6.07) is 8.66. The molecule has 0 heterocycles. The molecule has 0 spiro atoms. The van der Waals surface area contributed by atoms with E-state index in [1.54, 1.807) is 7.11 Å². The maximum Gasteiger partial charge on any atom is 0.119 e. The van der Waals surface area contributed by atoms with Crippen LogP contribution in [0.15, 0.2) is 24.3 Å². The second kappa shape index (κ2) is 6.27. The van der Waals surface area contributed by atoms with Gasteiger partial charge in [-0.1, -0.05) is 6.92 Å². The Kier molecular flexibility index (Phi) is 4.39. The van der Waals surface area contributed by atoms with Gasteiger partial charge in [-0.05, 0) is 67.7 Å². The minimum Gasteiger partial charge on any atom is -0.497 e. The van der Waals surface area contributed by atoms with Gasteiger partial charge in [0, 0.05) is 12.6 Å². The van der Waals surface area contributed by atoms with Crippen LogP contribution in [0.1, 0.15) is 39.0 Å². The summed E-state index contributed by atoms with van der Waals surface area (Å²) in [4.78, 5) is 0. The molecule has 1 aromatic carbocycles. The second-order valence-electron chi connectivity index (χ2n) is 6.86. The summed E-state index contributed by atoms with van der Waals surface area (Å²) in [7, 11) is 1.68. The van der Waals surface area contributed by atoms with Gasteiger partial charge in [0.05, 0.1) is 13.7 Å². The van der Waals surface area contributed by atoms with Gasteiger partial charge in [0.2, 0.25) is 0 Å². The van der Waals surface area contributed by atoms with E-state index in [2.05, 4.69) is 12.2 Å². The second-order valence-corrected chi connectivity index (χ2v) is 6.86. The zero-order valence-electron chi connectivity index (χ0n) is 13.2. The van der Waals surface area contributed by atoms with Crippen molar-refractivity contribution in [1.82, 2.24) is 5.32 Å². The Hall–Kier alpha value is -1.22. The molecule has 2 saturated carbocycles. The van der Waals surface area contributed by atoms with E-state index in [0.717, 1.165) is 43.0 Å². The quantitative estimate of drug-likeness (QED) is 0.753. The zero-order valence-corrected chi connectivity index (χ0v) is 13.2. The van der Waals surface area contributed by atoms with Gasteiger partial charge in [-0.3, -0.25) is 0 Å². The Morgan fingerprint density at radius 1 is 1.10 bits per heavy atom. The van der Waals surface area contributed by atoms with Crippen molar-refractivity contribution in [3.8, 4) is 11.5 Å². The molecule has 0 radical (unpaired) electrons. The van der Waals surface area contributed by atoms with Crippen molar-refractivity contribution >= 4 is 0 Å². The van der Waals surface area contributed by atoms with Gasteiger partial charge in [-0.2, -0.15) is 0 Å². The predicted octanol–water partition coefficient (Wildman–Crippen LogP) is 3.63. The first-order valence-corrected chi connectivity index (χ1v) is 8.20. The van der Waals surface area contributed by atoms with Gasteiger partial charge >= 0.3 is 0 Å². The molecule has 0 amide bonds. The fourth-order valence-corrected chi connectivity index (χ4v) is 2.96. The Labute approximate surface area is 128 Å². The first kappa shape index (κ1) is 14.7. The molecule has 3 rings (SSSR count). The SMILES string of the molecule is COc1ccc(OCCC(C)(CNC2CC2)C2CC2)cc1. The molecular formula is C18H27NO2. The summed E-state index contributed by atoms with van der Waals surface area (Å²) < 4.78 is 11.1. The topological polar surface area (TPSA) is 30.5 Å². The number of ether oxygens (including phenoxy) is 2. The molecule has 0 aromatic heterocycles. The number of benzene rings is 1. The Bertz CT molecular complexity index is 451. The van der Waals surface area contributed by atoms with E-state index < -0.39 is 0 Å². The van der Waals surface area contributed by atoms with Crippen molar-refractivity contribution in [2.24, 2.45) is 11.3 Å². The number of hydrogen-bond donors (Lipinski definition) is 1. The van der Waals surface area contributed by atoms with Gasteiger partial charge in [-0.15, -0.1) is 0 Å². The Morgan fingerprint density at radius 3 is 2.33 bits per heavy atom. The largest absolute Gasteiger partial charge is 0.497 e. The molecule has 2 aliphatic carbocycles. The molecule has 21 heavy (non-hydrogen) atoms. The van der Waals surface area contributed by atoms with Crippen LogP contribution in [0.2, 0.25) is 0 Å². The highest BCUT2D eigenvalue weighted by atomic mass is 16.5. The average Bonchev–Trinajstić information content (AvgIpc) is 3.39. The summed E-state index contributed by atoms with van der Waals surface area (Å²) in [5.74, 6) is 2.70. The molecule has 1 atom stereocenters. The fourth-order valence-electron chi connectivity index (χ4n) is 2.96. The molecule has 1 aromatic rings. The first-order chi connectivity index (χ1) is 10.2. The van der Waals surface area contributed by atoms with Gasteiger partial charge in [-0.25, -0.2) is 0 Å². The molecule has 3 heteroatoms. The van der Waals surface area contributed by atoms with Crippen LogP contribution in [-0.4, -0.2) is 26.3 Å². The molecule has 1 unspecified atom stereocenters. The van der Waals surface area contributed by atoms with Crippen LogP contribution >= 0.6 is 0 Å². The Balaban J connectivity index is 1.46. The first-order valence-electron chi connectivity index (χ1n) is 8.20. The number of hydrogen-bond acceptors (Lipinski definition) is 3. The van der Waals surface area contributed by atoms with Crippen LogP contribution in [0.3, 0.4) is 0 Å². The highest BCUT2D eigenvalue weighted by Crippen LogP contribution is 2.47. The lowest BCUT2D eigenvalue weighted by atomic mass is 9.81. The lowest BCUT2D eigenvalue weighted by Gasteiger charge is -2.30. The highest BCUT2D eigenvalue weighted by molar-refractivity contribution is 5.31. The van der Waals surface area contributed by atoms with Crippen LogP contribution in [0.4, 0.5) is 0 Å². The molecule has 0 saturated heterocycles. The molecule has 3 nitrogen and oxygen atoms in total. The van der Waals surface area contributed by atoms with Crippen LogP contribution in [0.5, 0.6) is 11.5 Å². The summed E-state index contributed by atoms with van der Waals surface area (Å²) in [5, 5.41) is 3.71. The lowest BCUT2D eigenvalue weighted by molar-refractivity contribution is 0.179. The smallest absolute Gasteiger partial charge is 0.119 e. The van der Waals surface area contributed by atoms with Crippen molar-refractivity contribution in [1.29, 1.82) is 0 Å². The molecule has 2 fully saturated rings. The zero-order chi connectivity index (χ0) is 14.7. The van der Waals surface area contributed by atoms with E-state index in [1.165, 1.54) is 25.7 Å². The number of nitrogens with one attached hydrogen (secondary N) is 1. The van der Waals surface area contributed by atoms with E-state index in [-0.39, 0.29) is 0 Å². The summed E-state index contributed by atoms with van der Waals surface area (Å²) in [6.07, 6.45) is 6.65. The van der Waals surface area contributed by atoms with Crippen molar-refractivity contribution in [2.45, 2.75) is 45.1 Å². The maximum absolute atomic E-state index is 5.92. The van der Waals surface area contributed by atoms with Crippen molar-refractivity contribution in [3.63, 3.8) is 0 Å². The number of methoxy groups -OCH3 is 1. The molecule has 1 N–H and O–H groups in total. The van der Waals surface area contributed by atoms with Crippen LogP contribution in [0, 0.1) is 11.3 Å². The van der Waals surface area contributed by atoms with Crippen LogP contribution in [-0.2, 0) is 0 Å². The lowest BCUT2D eigenvalue weighted by Crippen LogP contribution is -2.36. The molecule has 116 valence electrons. The molecule has 0 aliphatic heterocycles. The summed E-state index contributed by atoms with van der Waals surface area (Å²) in [5.41, 5.74) is 0.398. The standard InChI is InChI=1S/C18H27NO2/c1-18(14-3-4-14,13-19-15-5-6-15)11-12-21-17-9-7-16(20-2)8-10-17/h7-10,14-15,19H,3-6,11-13H2,1-2H3. The van der Waals surface area contributed by atoms with Gasteiger partial charge in [0.1, 0.15) is 11.5 Å². The summed E-state index contributed by atoms with van der Waals surface area (Å²) in [6.45, 7) is 4.37. The maximum atomic E-state index is 5.92. The van der Waals surface area contributed by atoms with E-state index in [0.29, 0.717) is 5.41 Å². The number of rotatable bonds is 9. The van der Waals surface area contributed by atoms with Crippen molar-refractivity contribution in [2.75, 3.05) is 20.3 Å². The van der Waals surface area contributed by atoms with E-state index in [9.17, 15) is 0 Å². The third-order valence-electron chi connectivity index (χ3n) is 4.94. The van der Waals surface area contributed by atoms with Gasteiger partial charge in [0.25, 0.3) is 0 Å². The third-order valence-corrected chi connectivity index (χ3v) is 4.94. The van der Waals surface area contributed by atoms with E-state index in [4.69, 9.17) is 9.47 Å². The van der Waals surface area contributed by atoms with Gasteiger partial charge < -0.3 is 14.8 Å². The molecule has 2 aliphatic rings. The summed E-state index contributed by atoms with van der Waals surface area (Å²) >= 11 is 0. The average molecular weight is 289 g/mol. The van der Waals surface area contributed by atoms with Crippen molar-refractivity contribution < 1.29 is 9.47 Å². The third kappa shape index (κ3) is 4.13. The van der Waals surface area contributed by atoms with Crippen LogP contribution < -0.4 is 14.8 Å². The predicted molar refractivity (Wildman–Crippen MR) is 85.0 cm³/mol. The van der Waals surface area contributed by atoms with Gasteiger partial charge in [0.15, 0.2) is 0 Å². The molecule has 0 bridgehead atoms. The minimum atomic E-state index is 0.398. The minimum absolute atomic E-state index is 0.398. The molecular weight excluding hydrogens is 262 g/mol. The normalized spacial score (nSPS) is 20.9. The van der Waals surface area contributed by atoms with Crippen molar-refractivity contribution in [3.05, 3.63) is 24.3 Å². The Morgan fingerprint density at radius 2 is 1.76 bits per heavy atom. The van der Waals surface area contributed by atoms with Crippen LogP contribution in [0.25, 0.3) is 0 Å². The monoisotopic (exact) mass is 289 g/mol. The van der Waals surface area contributed by atoms with E-state index >= 15 is 0 Å². The fraction of sp³-hybridized carbons (Fsp3) is 0.667.